The van der Waals surface area contributed by atoms with Crippen LogP contribution in [0.2, 0.25) is 0 Å². The van der Waals surface area contributed by atoms with Gasteiger partial charge in [0.15, 0.2) is 0 Å². The van der Waals surface area contributed by atoms with Crippen LogP contribution in [0.15, 0.2) is 24.3 Å². The van der Waals surface area contributed by atoms with Crippen LogP contribution in [0, 0.1) is 0 Å². The molecule has 0 aliphatic heterocycles. The van der Waals surface area contributed by atoms with Gasteiger partial charge in [-0.05, 0) is 58.7 Å². The molecule has 1 unspecified atom stereocenters. The summed E-state index contributed by atoms with van der Waals surface area (Å²) in [7, 11) is 0. The van der Waals surface area contributed by atoms with Crippen molar-refractivity contribution in [1.29, 1.82) is 0 Å². The first kappa shape index (κ1) is 25.3. The summed E-state index contributed by atoms with van der Waals surface area (Å²) in [5.41, 5.74) is -0.103. The van der Waals surface area contributed by atoms with Gasteiger partial charge in [0.25, 0.3) is 0 Å². The van der Waals surface area contributed by atoms with Crippen LogP contribution in [-0.4, -0.2) is 52.6 Å². The van der Waals surface area contributed by atoms with E-state index in [4.69, 9.17) is 4.74 Å². The fourth-order valence-corrected chi connectivity index (χ4v) is 2.78. The number of carbonyl (C=O) groups is 3. The predicted molar refractivity (Wildman–Crippen MR) is 115 cm³/mol. The van der Waals surface area contributed by atoms with E-state index >= 15 is 0 Å². The van der Waals surface area contributed by atoms with E-state index in [9.17, 15) is 19.5 Å². The number of phenols is 1. The molecule has 0 bridgehead atoms. The van der Waals surface area contributed by atoms with Gasteiger partial charge in [-0.2, -0.15) is 0 Å². The lowest BCUT2D eigenvalue weighted by molar-refractivity contribution is -0.140. The van der Waals surface area contributed by atoms with E-state index in [0.717, 1.165) is 6.42 Å². The fourth-order valence-electron chi connectivity index (χ4n) is 2.78. The van der Waals surface area contributed by atoms with Gasteiger partial charge in [-0.15, -0.1) is 0 Å². The maximum absolute atomic E-state index is 13.0. The van der Waals surface area contributed by atoms with E-state index in [1.54, 1.807) is 32.9 Å². The van der Waals surface area contributed by atoms with E-state index in [2.05, 4.69) is 10.6 Å². The average Bonchev–Trinajstić information content (AvgIpc) is 2.62. The van der Waals surface area contributed by atoms with Gasteiger partial charge in [0.1, 0.15) is 23.9 Å². The quantitative estimate of drug-likeness (QED) is 0.568. The van der Waals surface area contributed by atoms with Crippen molar-refractivity contribution in [3.05, 3.63) is 29.8 Å². The molecule has 1 aromatic rings. The molecule has 0 radical (unpaired) electrons. The molecule has 0 aliphatic rings. The molecule has 0 aliphatic carbocycles. The number of hydrogen-bond acceptors (Lipinski definition) is 5. The highest BCUT2D eigenvalue weighted by molar-refractivity contribution is 5.90. The molecule has 3 amide bonds. The Hall–Kier alpha value is -2.77. The normalized spacial score (nSPS) is 12.2. The molecule has 0 saturated carbocycles. The molecule has 0 aromatic heterocycles. The highest BCUT2D eigenvalue weighted by Gasteiger charge is 2.31. The first-order chi connectivity index (χ1) is 13.9. The first-order valence-electron chi connectivity index (χ1n) is 10.3. The van der Waals surface area contributed by atoms with Crippen LogP contribution in [0.25, 0.3) is 0 Å². The molecule has 1 atom stereocenters. The van der Waals surface area contributed by atoms with Crippen LogP contribution in [0.3, 0.4) is 0 Å². The van der Waals surface area contributed by atoms with E-state index in [-0.39, 0.29) is 24.2 Å². The van der Waals surface area contributed by atoms with E-state index in [1.807, 2.05) is 20.8 Å². The molecule has 1 rings (SSSR count). The molecular weight excluding hydrogens is 386 g/mol. The number of rotatable bonds is 9. The lowest BCUT2D eigenvalue weighted by atomic mass is 10.0. The summed E-state index contributed by atoms with van der Waals surface area (Å²) in [6.45, 7) is 10.9. The summed E-state index contributed by atoms with van der Waals surface area (Å²) in [6, 6.07) is 5.20. The zero-order valence-corrected chi connectivity index (χ0v) is 18.8. The number of phenolic OH excluding ortho intramolecular Hbond substituents is 1. The standard InChI is InChI=1S/C22H35N3O5/c1-7-8-13-25(18(27)14-23-21(29)30-22(4,5)6)19(20(28)24-15(2)3)16-9-11-17(26)12-10-16/h9-12,15,19,26H,7-8,13-14H2,1-6H3,(H,23,29)(H,24,28). The number of amides is 3. The molecule has 0 saturated heterocycles. The van der Waals surface area contributed by atoms with E-state index in [0.29, 0.717) is 18.5 Å². The van der Waals surface area contributed by atoms with Crippen molar-refractivity contribution in [2.45, 2.75) is 72.1 Å². The first-order valence-corrected chi connectivity index (χ1v) is 10.3. The van der Waals surface area contributed by atoms with Crippen molar-refractivity contribution in [3.63, 3.8) is 0 Å². The molecule has 3 N–H and O–H groups in total. The number of aromatic hydroxyl groups is 1. The van der Waals surface area contributed by atoms with Crippen LogP contribution in [-0.2, 0) is 14.3 Å². The average molecular weight is 422 g/mol. The van der Waals surface area contributed by atoms with Gasteiger partial charge in [-0.1, -0.05) is 25.5 Å². The summed E-state index contributed by atoms with van der Waals surface area (Å²) in [6.07, 6.45) is 0.832. The number of alkyl carbamates (subject to hydrolysis) is 1. The Balaban J connectivity index is 3.12. The number of carbonyl (C=O) groups excluding carboxylic acids is 3. The van der Waals surface area contributed by atoms with Crippen LogP contribution in [0.4, 0.5) is 4.79 Å². The van der Waals surface area contributed by atoms with Crippen molar-refractivity contribution in [2.75, 3.05) is 13.1 Å². The molecule has 1 aromatic carbocycles. The fraction of sp³-hybridized carbons (Fsp3) is 0.591. The predicted octanol–water partition coefficient (Wildman–Crippen LogP) is 3.11. The van der Waals surface area contributed by atoms with Crippen LogP contribution >= 0.6 is 0 Å². The van der Waals surface area contributed by atoms with Gasteiger partial charge < -0.3 is 25.4 Å². The number of ether oxygens (including phenoxy) is 1. The Bertz CT molecular complexity index is 710. The second kappa shape index (κ2) is 11.4. The Labute approximate surface area is 179 Å². The maximum Gasteiger partial charge on any atom is 0.408 e. The Morgan fingerprint density at radius 2 is 1.73 bits per heavy atom. The zero-order chi connectivity index (χ0) is 22.9. The van der Waals surface area contributed by atoms with Crippen molar-refractivity contribution in [1.82, 2.24) is 15.5 Å². The third-order valence-corrected chi connectivity index (χ3v) is 4.06. The second-order valence-electron chi connectivity index (χ2n) is 8.45. The van der Waals surface area contributed by atoms with Crippen LogP contribution in [0.1, 0.15) is 66.0 Å². The van der Waals surface area contributed by atoms with Gasteiger partial charge in [-0.25, -0.2) is 4.79 Å². The minimum absolute atomic E-state index is 0.0693. The molecule has 0 fully saturated rings. The zero-order valence-electron chi connectivity index (χ0n) is 18.8. The van der Waals surface area contributed by atoms with Crippen LogP contribution < -0.4 is 10.6 Å². The van der Waals surface area contributed by atoms with Gasteiger partial charge >= 0.3 is 6.09 Å². The number of hydrogen-bond donors (Lipinski definition) is 3. The van der Waals surface area contributed by atoms with Crippen molar-refractivity contribution < 1.29 is 24.2 Å². The lowest BCUT2D eigenvalue weighted by Gasteiger charge is -2.32. The SMILES string of the molecule is CCCCN(C(=O)CNC(=O)OC(C)(C)C)C(C(=O)NC(C)C)c1ccc(O)cc1. The highest BCUT2D eigenvalue weighted by atomic mass is 16.6. The third kappa shape index (κ3) is 8.71. The van der Waals surface area contributed by atoms with E-state index in [1.165, 1.54) is 17.0 Å². The van der Waals surface area contributed by atoms with Gasteiger partial charge in [0.05, 0.1) is 0 Å². The molecule has 0 spiro atoms. The van der Waals surface area contributed by atoms with Gasteiger partial charge in [0.2, 0.25) is 11.8 Å². The van der Waals surface area contributed by atoms with E-state index < -0.39 is 23.6 Å². The highest BCUT2D eigenvalue weighted by Crippen LogP contribution is 2.24. The number of nitrogens with one attached hydrogen (secondary N) is 2. The Kier molecular flexibility index (Phi) is 9.62. The Morgan fingerprint density at radius 1 is 1.13 bits per heavy atom. The second-order valence-corrected chi connectivity index (χ2v) is 8.45. The minimum atomic E-state index is -0.882. The molecule has 8 nitrogen and oxygen atoms in total. The topological polar surface area (TPSA) is 108 Å². The lowest BCUT2D eigenvalue weighted by Crippen LogP contribution is -2.49. The summed E-state index contributed by atoms with van der Waals surface area (Å²) in [5.74, 6) is -0.650. The summed E-state index contributed by atoms with van der Waals surface area (Å²) in [5, 5.41) is 14.9. The summed E-state index contributed by atoms with van der Waals surface area (Å²) in [4.78, 5) is 39.4. The van der Waals surface area contributed by atoms with Crippen LogP contribution in [0.5, 0.6) is 5.75 Å². The molecule has 30 heavy (non-hydrogen) atoms. The molecular formula is C22H35N3O5. The molecule has 8 heteroatoms. The number of nitrogens with zero attached hydrogens (tertiary/aromatic N) is 1. The molecule has 168 valence electrons. The summed E-state index contributed by atoms with van der Waals surface area (Å²) < 4.78 is 5.18. The third-order valence-electron chi connectivity index (χ3n) is 4.06. The molecule has 0 heterocycles. The maximum atomic E-state index is 13.0. The smallest absolute Gasteiger partial charge is 0.408 e. The van der Waals surface area contributed by atoms with Crippen molar-refractivity contribution >= 4 is 17.9 Å². The van der Waals surface area contributed by atoms with Crippen molar-refractivity contribution in [3.8, 4) is 5.75 Å². The van der Waals surface area contributed by atoms with Gasteiger partial charge in [-0.3, -0.25) is 9.59 Å². The monoisotopic (exact) mass is 421 g/mol. The summed E-state index contributed by atoms with van der Waals surface area (Å²) >= 11 is 0. The number of unbranched alkanes of at least 4 members (excludes halogenated alkanes) is 1. The van der Waals surface area contributed by atoms with Crippen molar-refractivity contribution in [2.24, 2.45) is 0 Å². The largest absolute Gasteiger partial charge is 0.508 e. The number of benzene rings is 1. The Morgan fingerprint density at radius 3 is 2.23 bits per heavy atom. The minimum Gasteiger partial charge on any atom is -0.508 e. The van der Waals surface area contributed by atoms with Gasteiger partial charge in [0, 0.05) is 12.6 Å².